The molecule has 0 aromatic carbocycles. The summed E-state index contributed by atoms with van der Waals surface area (Å²) in [5.41, 5.74) is -0.837. The molecule has 0 aliphatic carbocycles. The van der Waals surface area contributed by atoms with Gasteiger partial charge in [0, 0.05) is 13.1 Å². The zero-order chi connectivity index (χ0) is 19.4. The first kappa shape index (κ1) is 21.0. The van der Waals surface area contributed by atoms with Crippen molar-refractivity contribution in [3.8, 4) is 0 Å². The molecule has 25 heavy (non-hydrogen) atoms. The van der Waals surface area contributed by atoms with E-state index in [-0.39, 0.29) is 25.9 Å². The maximum Gasteiger partial charge on any atom is 0.408 e. The lowest BCUT2D eigenvalue weighted by atomic mass is 9.96. The Morgan fingerprint density at radius 2 is 1.72 bits per heavy atom. The molecule has 10 heteroatoms. The molecule has 1 aliphatic rings. The predicted octanol–water partition coefficient (Wildman–Crippen LogP) is 2.16. The van der Waals surface area contributed by atoms with Crippen LogP contribution in [0, 0.1) is 5.92 Å². The molecular weight excluding hydrogens is 345 g/mol. The largest absolute Gasteiger partial charge is 0.480 e. The van der Waals surface area contributed by atoms with Gasteiger partial charge < -0.3 is 20.1 Å². The Balaban J connectivity index is 2.57. The monoisotopic (exact) mass is 368 g/mol. The number of carboxylic acids is 1. The quantitative estimate of drug-likeness (QED) is 0.793. The van der Waals surface area contributed by atoms with Gasteiger partial charge in [-0.1, -0.05) is 0 Å². The fourth-order valence-corrected chi connectivity index (χ4v) is 2.41. The minimum atomic E-state index is -4.29. The number of nitrogens with one attached hydrogen (secondary N) is 1. The lowest BCUT2D eigenvalue weighted by Crippen LogP contribution is -2.48. The molecule has 1 heterocycles. The second kappa shape index (κ2) is 7.92. The van der Waals surface area contributed by atoms with E-state index in [4.69, 9.17) is 9.84 Å². The third kappa shape index (κ3) is 7.18. The van der Waals surface area contributed by atoms with Crippen molar-refractivity contribution in [2.45, 2.75) is 57.9 Å². The summed E-state index contributed by atoms with van der Waals surface area (Å²) in [5, 5.41) is 11.2. The molecule has 2 amide bonds. The minimum absolute atomic E-state index is 0.0954. The molecule has 1 unspecified atom stereocenters. The van der Waals surface area contributed by atoms with E-state index in [2.05, 4.69) is 5.32 Å². The molecule has 1 saturated heterocycles. The van der Waals surface area contributed by atoms with Gasteiger partial charge in [0.05, 0.1) is 12.3 Å². The Morgan fingerprint density at radius 3 is 2.12 bits per heavy atom. The number of rotatable bonds is 4. The number of nitrogens with zero attached hydrogens (tertiary/aromatic N) is 1. The third-order valence-corrected chi connectivity index (χ3v) is 3.68. The highest BCUT2D eigenvalue weighted by Gasteiger charge is 2.42. The SMILES string of the molecule is CC(C)(C)OC(=O)NC(CC(=O)N1CCC(C(F)(F)F)CC1)C(=O)O. The fraction of sp³-hybridized carbons (Fsp3) is 0.800. The highest BCUT2D eigenvalue weighted by Crippen LogP contribution is 2.34. The first-order chi connectivity index (χ1) is 11.3. The molecule has 1 aliphatic heterocycles. The fourth-order valence-electron chi connectivity index (χ4n) is 2.41. The van der Waals surface area contributed by atoms with Crippen molar-refractivity contribution in [1.82, 2.24) is 10.2 Å². The Kier molecular flexibility index (Phi) is 6.67. The molecule has 1 atom stereocenters. The van der Waals surface area contributed by atoms with Gasteiger partial charge in [0.1, 0.15) is 11.6 Å². The van der Waals surface area contributed by atoms with Crippen LogP contribution in [-0.2, 0) is 14.3 Å². The lowest BCUT2D eigenvalue weighted by molar-refractivity contribution is -0.186. The van der Waals surface area contributed by atoms with Gasteiger partial charge in [-0.3, -0.25) is 4.79 Å². The predicted molar refractivity (Wildman–Crippen MR) is 80.8 cm³/mol. The van der Waals surface area contributed by atoms with E-state index in [1.165, 1.54) is 4.90 Å². The zero-order valence-corrected chi connectivity index (χ0v) is 14.4. The smallest absolute Gasteiger partial charge is 0.408 e. The number of ether oxygens (including phenoxy) is 1. The number of amides is 2. The van der Waals surface area contributed by atoms with Gasteiger partial charge in [0.2, 0.25) is 5.91 Å². The molecule has 0 spiro atoms. The highest BCUT2D eigenvalue weighted by atomic mass is 19.4. The van der Waals surface area contributed by atoms with Gasteiger partial charge in [0.25, 0.3) is 0 Å². The first-order valence-corrected chi connectivity index (χ1v) is 7.86. The number of carbonyl (C=O) groups is 3. The summed E-state index contributed by atoms with van der Waals surface area (Å²) in [6, 6.07) is -1.51. The van der Waals surface area contributed by atoms with Gasteiger partial charge >= 0.3 is 18.2 Å². The van der Waals surface area contributed by atoms with Crippen LogP contribution in [0.5, 0.6) is 0 Å². The number of alkyl carbamates (subject to hydrolysis) is 1. The number of likely N-dealkylation sites (tertiary alicyclic amines) is 1. The van der Waals surface area contributed by atoms with Crippen molar-refractivity contribution in [2.24, 2.45) is 5.92 Å². The molecule has 1 rings (SSSR count). The number of piperidine rings is 1. The number of hydrogen-bond acceptors (Lipinski definition) is 4. The van der Waals surface area contributed by atoms with E-state index < -0.39 is 48.1 Å². The van der Waals surface area contributed by atoms with Crippen LogP contribution in [0.1, 0.15) is 40.0 Å². The van der Waals surface area contributed by atoms with Crippen LogP contribution >= 0.6 is 0 Å². The summed E-state index contributed by atoms with van der Waals surface area (Å²) in [6.45, 7) is 4.60. The Hall–Kier alpha value is -2.00. The summed E-state index contributed by atoms with van der Waals surface area (Å²) < 4.78 is 42.8. The summed E-state index contributed by atoms with van der Waals surface area (Å²) in [7, 11) is 0. The number of halogens is 3. The summed E-state index contributed by atoms with van der Waals surface area (Å²) in [6.07, 6.45) is -6.26. The van der Waals surface area contributed by atoms with Crippen molar-refractivity contribution >= 4 is 18.0 Å². The van der Waals surface area contributed by atoms with Crippen LogP contribution in [0.3, 0.4) is 0 Å². The van der Waals surface area contributed by atoms with Crippen LogP contribution in [0.4, 0.5) is 18.0 Å². The van der Waals surface area contributed by atoms with E-state index in [0.29, 0.717) is 0 Å². The van der Waals surface area contributed by atoms with Crippen molar-refractivity contribution in [3.05, 3.63) is 0 Å². The maximum absolute atomic E-state index is 12.6. The van der Waals surface area contributed by atoms with Gasteiger partial charge in [-0.05, 0) is 33.6 Å². The van der Waals surface area contributed by atoms with Crippen LogP contribution in [0.25, 0.3) is 0 Å². The second-order valence-corrected chi connectivity index (χ2v) is 6.94. The molecule has 0 aromatic heterocycles. The van der Waals surface area contributed by atoms with Crippen LogP contribution in [0.2, 0.25) is 0 Å². The summed E-state index contributed by atoms with van der Waals surface area (Å²) >= 11 is 0. The van der Waals surface area contributed by atoms with Gasteiger partial charge in [-0.2, -0.15) is 13.2 Å². The van der Waals surface area contributed by atoms with Gasteiger partial charge in [0.15, 0.2) is 0 Å². The molecule has 2 N–H and O–H groups in total. The number of carboxylic acid groups (broad SMARTS) is 1. The van der Waals surface area contributed by atoms with Gasteiger partial charge in [-0.15, -0.1) is 0 Å². The van der Waals surface area contributed by atoms with Crippen molar-refractivity contribution in [2.75, 3.05) is 13.1 Å². The minimum Gasteiger partial charge on any atom is -0.480 e. The van der Waals surface area contributed by atoms with Crippen molar-refractivity contribution in [3.63, 3.8) is 0 Å². The topological polar surface area (TPSA) is 95.9 Å². The molecule has 1 fully saturated rings. The summed E-state index contributed by atoms with van der Waals surface area (Å²) in [4.78, 5) is 36.2. The zero-order valence-electron chi connectivity index (χ0n) is 14.4. The number of hydrogen-bond donors (Lipinski definition) is 2. The third-order valence-electron chi connectivity index (χ3n) is 3.68. The van der Waals surface area contributed by atoms with Crippen molar-refractivity contribution in [1.29, 1.82) is 0 Å². The Morgan fingerprint density at radius 1 is 1.20 bits per heavy atom. The molecular formula is C15H23F3N2O5. The first-order valence-electron chi connectivity index (χ1n) is 7.86. The van der Waals surface area contributed by atoms with Crippen LogP contribution in [-0.4, -0.2) is 58.9 Å². The molecule has 144 valence electrons. The molecule has 7 nitrogen and oxygen atoms in total. The lowest BCUT2D eigenvalue weighted by Gasteiger charge is -2.33. The van der Waals surface area contributed by atoms with Crippen LogP contribution < -0.4 is 5.32 Å². The number of alkyl halides is 3. The maximum atomic E-state index is 12.6. The normalized spacial score (nSPS) is 17.8. The molecule has 0 saturated carbocycles. The van der Waals surface area contributed by atoms with Crippen molar-refractivity contribution < 1.29 is 37.4 Å². The highest BCUT2D eigenvalue weighted by molar-refractivity contribution is 5.87. The van der Waals surface area contributed by atoms with E-state index >= 15 is 0 Å². The van der Waals surface area contributed by atoms with Crippen LogP contribution in [0.15, 0.2) is 0 Å². The van der Waals surface area contributed by atoms with Gasteiger partial charge in [-0.25, -0.2) is 9.59 Å². The number of aliphatic carboxylic acids is 1. The van der Waals surface area contributed by atoms with E-state index in [9.17, 15) is 27.6 Å². The van der Waals surface area contributed by atoms with E-state index in [1.54, 1.807) is 20.8 Å². The summed E-state index contributed by atoms with van der Waals surface area (Å²) in [5.74, 6) is -3.50. The van der Waals surface area contributed by atoms with E-state index in [1.807, 2.05) is 0 Å². The molecule has 0 aromatic rings. The number of carbonyl (C=O) groups excluding carboxylic acids is 2. The molecule has 0 bridgehead atoms. The second-order valence-electron chi connectivity index (χ2n) is 6.94. The average molecular weight is 368 g/mol. The average Bonchev–Trinajstić information content (AvgIpc) is 2.43. The van der Waals surface area contributed by atoms with E-state index in [0.717, 1.165) is 0 Å². The Bertz CT molecular complexity index is 508. The Labute approximate surface area is 143 Å². The molecule has 0 radical (unpaired) electrons. The standard InChI is InChI=1S/C15H23F3N2O5/c1-14(2,3)25-13(24)19-10(12(22)23)8-11(21)20-6-4-9(5-7-20)15(16,17)18/h9-10H,4-8H2,1-3H3,(H,19,24)(H,22,23).